The number of aromatic nitrogens is 4. The second-order valence-corrected chi connectivity index (χ2v) is 14.3. The molecule has 0 aliphatic heterocycles. The molecule has 5 aromatic heterocycles. The third-order valence-electron chi connectivity index (χ3n) is 9.89. The van der Waals surface area contributed by atoms with Gasteiger partial charge in [0.15, 0.2) is 0 Å². The van der Waals surface area contributed by atoms with E-state index in [1.165, 1.54) is 22.2 Å². The minimum atomic E-state index is -0.0613. The average Bonchev–Trinajstić information content (AvgIpc) is 3.65. The molecule has 9 rings (SSSR count). The topological polar surface area (TPSA) is 46.3 Å². The van der Waals surface area contributed by atoms with Crippen molar-refractivity contribution in [1.29, 1.82) is 0 Å². The molecule has 0 spiro atoms. The summed E-state index contributed by atoms with van der Waals surface area (Å²) < 4.78 is 2.31. The molecule has 50 heavy (non-hydrogen) atoms. The summed E-state index contributed by atoms with van der Waals surface area (Å²) in [7, 11) is 0. The van der Waals surface area contributed by atoms with E-state index >= 15 is 0 Å². The van der Waals surface area contributed by atoms with Gasteiger partial charge in [0.1, 0.15) is 5.65 Å². The van der Waals surface area contributed by atoms with Crippen molar-refractivity contribution in [3.63, 3.8) is 0 Å². The molecule has 0 saturated heterocycles. The van der Waals surface area contributed by atoms with Gasteiger partial charge in [-0.15, -0.1) is 0 Å². The zero-order valence-electron chi connectivity index (χ0n) is 28.9. The number of nitrogens with zero attached hydrogens (tertiary/aromatic N) is 5. The normalized spacial score (nSPS) is 12.1. The lowest BCUT2D eigenvalue weighted by Gasteiger charge is -2.29. The first-order chi connectivity index (χ1) is 24.3. The third kappa shape index (κ3) is 4.72. The maximum absolute atomic E-state index is 5.41. The Morgan fingerprint density at radius 3 is 1.96 bits per heavy atom. The first kappa shape index (κ1) is 30.0. The van der Waals surface area contributed by atoms with Gasteiger partial charge in [0.05, 0.1) is 33.6 Å². The molecule has 0 fully saturated rings. The van der Waals surface area contributed by atoms with Crippen LogP contribution in [-0.2, 0) is 5.41 Å². The molecule has 0 atom stereocenters. The van der Waals surface area contributed by atoms with E-state index in [-0.39, 0.29) is 5.41 Å². The number of hydrogen-bond acceptors (Lipinski definition) is 4. The van der Waals surface area contributed by atoms with Crippen molar-refractivity contribution in [1.82, 2.24) is 19.4 Å². The van der Waals surface area contributed by atoms with Gasteiger partial charge in [-0.3, -0.25) is 9.38 Å². The van der Waals surface area contributed by atoms with Crippen LogP contribution in [0.3, 0.4) is 0 Å². The van der Waals surface area contributed by atoms with Crippen LogP contribution in [0.2, 0.25) is 0 Å². The maximum atomic E-state index is 5.41. The highest BCUT2D eigenvalue weighted by Gasteiger charge is 2.24. The number of pyridine rings is 3. The van der Waals surface area contributed by atoms with Crippen LogP contribution in [0.4, 0.5) is 17.1 Å². The Balaban J connectivity index is 1.27. The summed E-state index contributed by atoms with van der Waals surface area (Å²) in [5, 5.41) is 3.45. The second kappa shape index (κ2) is 11.2. The molecule has 0 N–H and O–H groups in total. The Kier molecular flexibility index (Phi) is 6.75. The fourth-order valence-electron chi connectivity index (χ4n) is 7.47. The van der Waals surface area contributed by atoms with Crippen molar-refractivity contribution in [2.75, 3.05) is 4.90 Å². The number of para-hydroxylation sites is 2. The molecule has 9 aromatic rings. The van der Waals surface area contributed by atoms with Crippen LogP contribution in [0.5, 0.6) is 0 Å². The summed E-state index contributed by atoms with van der Waals surface area (Å²) >= 11 is 0. The van der Waals surface area contributed by atoms with E-state index in [9.17, 15) is 0 Å². The van der Waals surface area contributed by atoms with Gasteiger partial charge in [-0.25, -0.2) is 9.97 Å². The molecule has 0 saturated carbocycles. The SMILES string of the molecule is Cc1cccc(C)c1N(c1cccc(-c2ccccn2)c1)c1cccc(-c2cc3c4ccc(C(C)(C)C)nc4n4c5ccccc5c(n2)c34)c1. The Morgan fingerprint density at radius 1 is 0.580 bits per heavy atom. The van der Waals surface area contributed by atoms with Crippen LogP contribution < -0.4 is 4.90 Å². The molecule has 0 aliphatic rings. The lowest BCUT2D eigenvalue weighted by Crippen LogP contribution is -2.13. The number of fused-ring (bicyclic) bond motifs is 6. The van der Waals surface area contributed by atoms with Gasteiger partial charge < -0.3 is 4.90 Å². The molecule has 5 heteroatoms. The molecular weight excluding hydrogens is 611 g/mol. The number of hydrogen-bond donors (Lipinski definition) is 0. The number of rotatable bonds is 5. The van der Waals surface area contributed by atoms with Gasteiger partial charge in [0.25, 0.3) is 0 Å². The largest absolute Gasteiger partial charge is 0.310 e. The summed E-state index contributed by atoms with van der Waals surface area (Å²) in [5.74, 6) is 0. The third-order valence-corrected chi connectivity index (χ3v) is 9.89. The van der Waals surface area contributed by atoms with Crippen molar-refractivity contribution in [2.45, 2.75) is 40.0 Å². The lowest BCUT2D eigenvalue weighted by molar-refractivity contribution is 0.571. The standard InChI is InChI=1S/C45H37N5/c1-28-13-10-14-29(2)42(28)49(32-17-11-15-30(25-32)37-20-8-9-24-46-37)33-18-12-16-31(26-33)38-27-36-34-22-23-40(45(3,4)5)48-44(34)50-39-21-7-6-19-35(39)41(47-38)43(36)50/h6-27H,1-5H3. The van der Waals surface area contributed by atoms with Crippen molar-refractivity contribution >= 4 is 55.4 Å². The van der Waals surface area contributed by atoms with E-state index in [4.69, 9.17) is 9.97 Å². The summed E-state index contributed by atoms with van der Waals surface area (Å²) in [6.45, 7) is 11.0. The average molecular weight is 648 g/mol. The zero-order chi connectivity index (χ0) is 34.1. The van der Waals surface area contributed by atoms with Crippen molar-refractivity contribution < 1.29 is 0 Å². The summed E-state index contributed by atoms with van der Waals surface area (Å²) in [4.78, 5) is 17.7. The highest BCUT2D eigenvalue weighted by molar-refractivity contribution is 6.22. The highest BCUT2D eigenvalue weighted by Crippen LogP contribution is 2.43. The van der Waals surface area contributed by atoms with Crippen LogP contribution >= 0.6 is 0 Å². The summed E-state index contributed by atoms with van der Waals surface area (Å²) in [5.41, 5.74) is 15.0. The smallest absolute Gasteiger partial charge is 0.145 e. The van der Waals surface area contributed by atoms with E-state index < -0.39 is 0 Å². The van der Waals surface area contributed by atoms with Crippen LogP contribution in [0, 0.1) is 13.8 Å². The van der Waals surface area contributed by atoms with Gasteiger partial charge in [0, 0.05) is 56.0 Å². The van der Waals surface area contributed by atoms with Crippen molar-refractivity contribution in [2.24, 2.45) is 0 Å². The quantitative estimate of drug-likeness (QED) is 0.186. The van der Waals surface area contributed by atoms with Gasteiger partial charge in [0.2, 0.25) is 0 Å². The van der Waals surface area contributed by atoms with E-state index in [1.807, 2.05) is 18.3 Å². The van der Waals surface area contributed by atoms with Crippen molar-refractivity contribution in [3.8, 4) is 22.5 Å². The van der Waals surface area contributed by atoms with Gasteiger partial charge in [-0.05, 0) is 85.6 Å². The Bertz CT molecular complexity index is 2700. The molecule has 242 valence electrons. The van der Waals surface area contributed by atoms with Gasteiger partial charge in [-0.1, -0.05) is 87.5 Å². The fourth-order valence-corrected chi connectivity index (χ4v) is 7.47. The van der Waals surface area contributed by atoms with Crippen LogP contribution in [0.15, 0.2) is 134 Å². The van der Waals surface area contributed by atoms with Gasteiger partial charge >= 0.3 is 0 Å². The van der Waals surface area contributed by atoms with Crippen LogP contribution in [0.25, 0.3) is 60.9 Å². The predicted molar refractivity (Wildman–Crippen MR) is 208 cm³/mol. The predicted octanol–water partition coefficient (Wildman–Crippen LogP) is 11.7. The number of benzene rings is 4. The van der Waals surface area contributed by atoms with Crippen LogP contribution in [0.1, 0.15) is 37.6 Å². The molecule has 5 nitrogen and oxygen atoms in total. The zero-order valence-corrected chi connectivity index (χ0v) is 28.9. The first-order valence-electron chi connectivity index (χ1n) is 17.2. The molecule has 0 radical (unpaired) electrons. The number of anilines is 3. The molecule has 0 bridgehead atoms. The molecular formula is C45H37N5. The van der Waals surface area contributed by atoms with E-state index in [0.29, 0.717) is 0 Å². The van der Waals surface area contributed by atoms with E-state index in [1.54, 1.807) is 0 Å². The molecule has 0 aliphatic carbocycles. The molecule has 0 unspecified atom stereocenters. The summed E-state index contributed by atoms with van der Waals surface area (Å²) in [6.07, 6.45) is 1.85. The summed E-state index contributed by atoms with van der Waals surface area (Å²) in [6, 6.07) is 45.2. The van der Waals surface area contributed by atoms with Gasteiger partial charge in [-0.2, -0.15) is 0 Å². The monoisotopic (exact) mass is 647 g/mol. The minimum absolute atomic E-state index is 0.0613. The minimum Gasteiger partial charge on any atom is -0.310 e. The Labute approximate surface area is 291 Å². The highest BCUT2D eigenvalue weighted by atomic mass is 15.1. The van der Waals surface area contributed by atoms with E-state index in [0.717, 1.165) is 72.6 Å². The molecule has 4 aromatic carbocycles. The molecule has 0 amide bonds. The number of aryl methyl sites for hydroxylation is 2. The van der Waals surface area contributed by atoms with Crippen molar-refractivity contribution in [3.05, 3.63) is 150 Å². The molecule has 5 heterocycles. The van der Waals surface area contributed by atoms with Crippen LogP contribution in [-0.4, -0.2) is 19.4 Å². The Morgan fingerprint density at radius 2 is 1.26 bits per heavy atom. The maximum Gasteiger partial charge on any atom is 0.145 e. The second-order valence-electron chi connectivity index (χ2n) is 14.3. The van der Waals surface area contributed by atoms with E-state index in [2.05, 4.69) is 164 Å². The fraction of sp³-hybridized carbons (Fsp3) is 0.133. The first-order valence-corrected chi connectivity index (χ1v) is 17.2. The Hall–Kier alpha value is -6.07. The lowest BCUT2D eigenvalue weighted by atomic mass is 9.91.